The highest BCUT2D eigenvalue weighted by Gasteiger charge is 2.20. The summed E-state index contributed by atoms with van der Waals surface area (Å²) in [4.78, 5) is 1.21. The van der Waals surface area contributed by atoms with Gasteiger partial charge in [-0.25, -0.2) is 0 Å². The van der Waals surface area contributed by atoms with Gasteiger partial charge in [0.25, 0.3) is 0 Å². The number of nitriles is 1. The second kappa shape index (κ2) is 6.89. The van der Waals surface area contributed by atoms with Crippen LogP contribution in [0.4, 0.5) is 0 Å². The van der Waals surface area contributed by atoms with E-state index in [1.165, 1.54) is 10.4 Å². The van der Waals surface area contributed by atoms with E-state index in [2.05, 4.69) is 62.5 Å². The first-order chi connectivity index (χ1) is 9.98. The predicted molar refractivity (Wildman–Crippen MR) is 89.1 cm³/mol. The maximum absolute atomic E-state index is 8.90. The fraction of sp³-hybridized carbons (Fsp3) is 0.389. The topological polar surface area (TPSA) is 35.8 Å². The molecule has 2 aromatic rings. The van der Waals surface area contributed by atoms with Crippen molar-refractivity contribution in [2.45, 2.75) is 39.8 Å². The highest BCUT2D eigenvalue weighted by molar-refractivity contribution is 7.10. The Morgan fingerprint density at radius 1 is 1.24 bits per heavy atom. The van der Waals surface area contributed by atoms with Crippen molar-refractivity contribution in [2.75, 3.05) is 0 Å². The van der Waals surface area contributed by atoms with Gasteiger partial charge in [-0.3, -0.25) is 0 Å². The summed E-state index contributed by atoms with van der Waals surface area (Å²) in [6.45, 7) is 7.61. The smallest absolute Gasteiger partial charge is 0.100 e. The minimum Gasteiger partial charge on any atom is -0.305 e. The lowest BCUT2D eigenvalue weighted by Crippen LogP contribution is -2.25. The lowest BCUT2D eigenvalue weighted by Gasteiger charge is -2.27. The van der Waals surface area contributed by atoms with Crippen LogP contribution in [0.3, 0.4) is 0 Å². The zero-order valence-electron chi connectivity index (χ0n) is 12.9. The normalized spacial score (nSPS) is 12.9. The van der Waals surface area contributed by atoms with E-state index >= 15 is 0 Å². The van der Waals surface area contributed by atoms with Crippen molar-refractivity contribution < 1.29 is 0 Å². The Labute approximate surface area is 131 Å². The zero-order chi connectivity index (χ0) is 15.3. The summed E-state index contributed by atoms with van der Waals surface area (Å²) in [7, 11) is 0. The molecule has 21 heavy (non-hydrogen) atoms. The second-order valence-corrected chi connectivity index (χ2v) is 7.52. The maximum Gasteiger partial charge on any atom is 0.100 e. The lowest BCUT2D eigenvalue weighted by molar-refractivity contribution is 0.310. The van der Waals surface area contributed by atoms with Crippen LogP contribution in [-0.2, 0) is 6.54 Å². The number of nitrogens with one attached hydrogen (secondary N) is 1. The molecule has 0 fully saturated rings. The first-order valence-electron chi connectivity index (χ1n) is 7.24. The van der Waals surface area contributed by atoms with Gasteiger partial charge in [0.2, 0.25) is 0 Å². The Bertz CT molecular complexity index is 602. The van der Waals surface area contributed by atoms with Gasteiger partial charge >= 0.3 is 0 Å². The fourth-order valence-electron chi connectivity index (χ4n) is 2.36. The Kier molecular flexibility index (Phi) is 5.17. The van der Waals surface area contributed by atoms with Gasteiger partial charge in [-0.2, -0.15) is 5.26 Å². The number of benzene rings is 1. The minimum atomic E-state index is 0.265. The molecule has 0 bridgehead atoms. The molecule has 0 radical (unpaired) electrons. The molecular formula is C18H22N2S. The molecule has 1 N–H and O–H groups in total. The maximum atomic E-state index is 8.90. The van der Waals surface area contributed by atoms with Crippen LogP contribution in [0.15, 0.2) is 41.8 Å². The highest BCUT2D eigenvalue weighted by Crippen LogP contribution is 2.30. The van der Waals surface area contributed by atoms with Gasteiger partial charge in [0.05, 0.1) is 5.56 Å². The number of thiophene rings is 1. The molecule has 1 unspecified atom stereocenters. The molecule has 1 aromatic heterocycles. The van der Waals surface area contributed by atoms with Crippen molar-refractivity contribution in [1.82, 2.24) is 5.32 Å². The van der Waals surface area contributed by atoms with Gasteiger partial charge in [0, 0.05) is 22.8 Å². The van der Waals surface area contributed by atoms with Crippen molar-refractivity contribution in [2.24, 2.45) is 5.41 Å². The molecule has 0 saturated carbocycles. The summed E-state index contributed by atoms with van der Waals surface area (Å²) in [5, 5.41) is 14.5. The Balaban J connectivity index is 2.07. The van der Waals surface area contributed by atoms with Crippen LogP contribution in [0.2, 0.25) is 0 Å². The molecule has 2 nitrogen and oxygen atoms in total. The van der Waals surface area contributed by atoms with Crippen molar-refractivity contribution in [3.8, 4) is 6.07 Å². The molecule has 110 valence electrons. The van der Waals surface area contributed by atoms with Crippen molar-refractivity contribution in [3.05, 3.63) is 57.8 Å². The first kappa shape index (κ1) is 15.8. The van der Waals surface area contributed by atoms with Crippen LogP contribution in [-0.4, -0.2) is 0 Å². The summed E-state index contributed by atoms with van der Waals surface area (Å²) in [5.41, 5.74) is 2.34. The highest BCUT2D eigenvalue weighted by atomic mass is 32.1. The van der Waals surface area contributed by atoms with Crippen LogP contribution in [0, 0.1) is 16.7 Å². The Hall–Kier alpha value is -1.63. The molecule has 1 aromatic carbocycles. The molecule has 0 spiro atoms. The van der Waals surface area contributed by atoms with E-state index < -0.39 is 0 Å². The second-order valence-electron chi connectivity index (χ2n) is 6.52. The molecule has 0 saturated heterocycles. The summed E-state index contributed by atoms with van der Waals surface area (Å²) in [5.74, 6) is 0. The lowest BCUT2D eigenvalue weighted by atomic mass is 9.85. The van der Waals surface area contributed by atoms with E-state index in [4.69, 9.17) is 5.26 Å². The number of rotatable bonds is 5. The first-order valence-corrected chi connectivity index (χ1v) is 8.12. The molecular weight excluding hydrogens is 276 g/mol. The van der Waals surface area contributed by atoms with Crippen molar-refractivity contribution in [3.63, 3.8) is 0 Å². The van der Waals surface area contributed by atoms with Gasteiger partial charge < -0.3 is 5.32 Å². The number of hydrogen-bond donors (Lipinski definition) is 1. The monoisotopic (exact) mass is 298 g/mol. The van der Waals surface area contributed by atoms with E-state index in [1.54, 1.807) is 11.3 Å². The predicted octanol–water partition coefficient (Wildman–Crippen LogP) is 4.89. The van der Waals surface area contributed by atoms with Crippen LogP contribution >= 0.6 is 11.3 Å². The van der Waals surface area contributed by atoms with E-state index in [-0.39, 0.29) is 5.41 Å². The third-order valence-electron chi connectivity index (χ3n) is 3.32. The molecule has 2 rings (SSSR count). The Morgan fingerprint density at radius 3 is 2.52 bits per heavy atom. The SMILES string of the molecule is CC(C)(C)CC(NCc1cc(C#N)cs1)c1ccccc1. The molecule has 1 atom stereocenters. The van der Waals surface area contributed by atoms with Crippen molar-refractivity contribution in [1.29, 1.82) is 5.26 Å². The summed E-state index contributed by atoms with van der Waals surface area (Å²) < 4.78 is 0. The minimum absolute atomic E-state index is 0.265. The molecule has 0 aliphatic carbocycles. The molecule has 0 amide bonds. The van der Waals surface area contributed by atoms with Crippen LogP contribution in [0.5, 0.6) is 0 Å². The summed E-state index contributed by atoms with van der Waals surface area (Å²) in [6.07, 6.45) is 1.08. The third kappa shape index (κ3) is 5.00. The fourth-order valence-corrected chi connectivity index (χ4v) is 3.12. The van der Waals surface area contributed by atoms with Gasteiger partial charge in [-0.15, -0.1) is 11.3 Å². The Morgan fingerprint density at radius 2 is 1.95 bits per heavy atom. The summed E-state index contributed by atoms with van der Waals surface area (Å²) >= 11 is 1.64. The number of hydrogen-bond acceptors (Lipinski definition) is 3. The summed E-state index contributed by atoms with van der Waals surface area (Å²) in [6, 6.07) is 15.1. The van der Waals surface area contributed by atoms with Gasteiger partial charge in [-0.05, 0) is 23.5 Å². The van der Waals surface area contributed by atoms with Gasteiger partial charge in [0.1, 0.15) is 6.07 Å². The van der Waals surface area contributed by atoms with Crippen LogP contribution in [0.25, 0.3) is 0 Å². The average molecular weight is 298 g/mol. The van der Waals surface area contributed by atoms with Crippen LogP contribution < -0.4 is 5.32 Å². The van der Waals surface area contributed by atoms with E-state index in [0.29, 0.717) is 6.04 Å². The van der Waals surface area contributed by atoms with Gasteiger partial charge in [-0.1, -0.05) is 51.1 Å². The zero-order valence-corrected chi connectivity index (χ0v) is 13.7. The van der Waals surface area contributed by atoms with E-state index in [1.807, 2.05) is 11.4 Å². The molecule has 0 aliphatic heterocycles. The number of nitrogens with zero attached hydrogens (tertiary/aromatic N) is 1. The molecule has 0 aliphatic rings. The van der Waals surface area contributed by atoms with E-state index in [0.717, 1.165) is 18.5 Å². The van der Waals surface area contributed by atoms with E-state index in [9.17, 15) is 0 Å². The van der Waals surface area contributed by atoms with Crippen LogP contribution in [0.1, 0.15) is 49.2 Å². The average Bonchev–Trinajstić information content (AvgIpc) is 2.91. The van der Waals surface area contributed by atoms with Gasteiger partial charge in [0.15, 0.2) is 0 Å². The largest absolute Gasteiger partial charge is 0.305 e. The standard InChI is InChI=1S/C18H22N2S/c1-18(2,3)10-17(15-7-5-4-6-8-15)20-12-16-9-14(11-19)13-21-16/h4-9,13,17,20H,10,12H2,1-3H3. The molecule has 1 heterocycles. The third-order valence-corrected chi connectivity index (χ3v) is 4.26. The molecule has 3 heteroatoms. The quantitative estimate of drug-likeness (QED) is 0.853. The van der Waals surface area contributed by atoms with Crippen molar-refractivity contribution >= 4 is 11.3 Å².